The highest BCUT2D eigenvalue weighted by molar-refractivity contribution is 5.63. The maximum Gasteiger partial charge on any atom is 0.222 e. The van der Waals surface area contributed by atoms with Gasteiger partial charge in [0.05, 0.1) is 0 Å². The third kappa shape index (κ3) is 2.13. The van der Waals surface area contributed by atoms with E-state index in [1.54, 1.807) is 6.92 Å². The quantitative estimate of drug-likeness (QED) is 0.687. The molecule has 2 rings (SSSR count). The van der Waals surface area contributed by atoms with Crippen LogP contribution in [0.4, 0.5) is 8.78 Å². The smallest absolute Gasteiger partial charge is 0.203 e. The predicted molar refractivity (Wildman–Crippen MR) is 67.2 cm³/mol. The molecule has 94 valence electrons. The van der Waals surface area contributed by atoms with E-state index in [0.717, 1.165) is 12.3 Å². The van der Waals surface area contributed by atoms with Gasteiger partial charge in [0, 0.05) is 19.9 Å². The van der Waals surface area contributed by atoms with Crippen molar-refractivity contribution in [2.45, 2.75) is 20.6 Å². The van der Waals surface area contributed by atoms with Gasteiger partial charge in [-0.3, -0.25) is 0 Å². The van der Waals surface area contributed by atoms with Gasteiger partial charge in [-0.2, -0.15) is 8.96 Å². The van der Waals surface area contributed by atoms with Crippen molar-refractivity contribution in [1.82, 2.24) is 0 Å². The second-order valence-corrected chi connectivity index (χ2v) is 4.18. The first-order valence-electron chi connectivity index (χ1n) is 8.33. The molecule has 0 saturated heterocycles. The van der Waals surface area contributed by atoms with Crippen LogP contribution in [0.5, 0.6) is 0 Å². The molecule has 0 atom stereocenters. The summed E-state index contributed by atoms with van der Waals surface area (Å²) in [4.78, 5) is 0. The van der Waals surface area contributed by atoms with Crippen molar-refractivity contribution in [3.8, 4) is 11.3 Å². The van der Waals surface area contributed by atoms with Crippen molar-refractivity contribution in [3.63, 3.8) is 0 Å². The molecule has 0 radical (unpaired) electrons. The fraction of sp³-hybridized carbons (Fsp3) is 0.267. The highest BCUT2D eigenvalue weighted by Crippen LogP contribution is 2.24. The third-order valence-electron chi connectivity index (χ3n) is 2.82. The number of rotatable bonds is 1. The molecule has 2 aromatic rings. The third-order valence-corrected chi connectivity index (χ3v) is 2.82. The molecule has 0 aliphatic heterocycles. The molecule has 18 heavy (non-hydrogen) atoms. The number of aromatic nitrogens is 1. The molecule has 0 fully saturated rings. The average molecular weight is 254 g/mol. The van der Waals surface area contributed by atoms with Crippen LogP contribution in [0.3, 0.4) is 0 Å². The van der Waals surface area contributed by atoms with Crippen molar-refractivity contribution in [3.05, 3.63) is 52.7 Å². The zero-order valence-electron chi connectivity index (χ0n) is 16.0. The monoisotopic (exact) mass is 254 g/mol. The standard InChI is InChI=1S/C15H16F2N/c1-9-5-11(3)12(6-10(9)2)15-7-13(16)14(17)8-18(15)4/h5-8H,1-4H3/q+1/i1D3,2D3. The number of hydrogen-bond donors (Lipinski definition) is 0. The molecular weight excluding hydrogens is 232 g/mol. The molecule has 0 aliphatic rings. The molecule has 0 amide bonds. The number of hydrogen-bond acceptors (Lipinski definition) is 0. The second kappa shape index (κ2) is 4.48. The summed E-state index contributed by atoms with van der Waals surface area (Å²) >= 11 is 0. The van der Waals surface area contributed by atoms with Crippen molar-refractivity contribution in [1.29, 1.82) is 0 Å². The van der Waals surface area contributed by atoms with Crippen molar-refractivity contribution < 1.29 is 21.6 Å². The Balaban J connectivity index is 2.81. The molecule has 0 unspecified atom stereocenters. The Kier molecular flexibility index (Phi) is 1.74. The first-order chi connectivity index (χ1) is 10.8. The lowest BCUT2D eigenvalue weighted by Gasteiger charge is -2.08. The van der Waals surface area contributed by atoms with Gasteiger partial charge in [-0.25, -0.2) is 4.39 Å². The normalized spacial score (nSPS) is 17.1. The van der Waals surface area contributed by atoms with Gasteiger partial charge in [0.15, 0.2) is 5.82 Å². The van der Waals surface area contributed by atoms with E-state index in [-0.39, 0.29) is 16.8 Å². The van der Waals surface area contributed by atoms with Crippen LogP contribution in [-0.4, -0.2) is 0 Å². The highest BCUT2D eigenvalue weighted by atomic mass is 19.2. The maximum absolute atomic E-state index is 13.6. The number of pyridine rings is 1. The SMILES string of the molecule is [2H]C([2H])([2H])c1cc(C)c(-c2cc(F)c(F)c[n+]2C)cc1C([2H])([2H])[2H]. The largest absolute Gasteiger partial charge is 0.222 e. The van der Waals surface area contributed by atoms with E-state index in [0.29, 0.717) is 11.1 Å². The minimum atomic E-state index is -2.65. The van der Waals surface area contributed by atoms with Crippen LogP contribution in [-0.2, 0) is 7.05 Å². The summed E-state index contributed by atoms with van der Waals surface area (Å²) in [6.07, 6.45) is 0.941. The molecule has 1 heterocycles. The van der Waals surface area contributed by atoms with Gasteiger partial charge in [-0.15, -0.1) is 0 Å². The Morgan fingerprint density at radius 2 is 1.67 bits per heavy atom. The van der Waals surface area contributed by atoms with Crippen LogP contribution >= 0.6 is 0 Å². The molecule has 1 nitrogen and oxygen atoms in total. The van der Waals surface area contributed by atoms with Crippen LogP contribution in [0.1, 0.15) is 24.9 Å². The number of halogens is 2. The summed E-state index contributed by atoms with van der Waals surface area (Å²) < 4.78 is 73.6. The van der Waals surface area contributed by atoms with E-state index >= 15 is 0 Å². The number of benzene rings is 1. The van der Waals surface area contributed by atoms with Gasteiger partial charge in [-0.1, -0.05) is 6.07 Å². The van der Waals surface area contributed by atoms with E-state index in [1.165, 1.54) is 23.7 Å². The fourth-order valence-corrected chi connectivity index (χ4v) is 1.84. The van der Waals surface area contributed by atoms with Crippen LogP contribution in [0.25, 0.3) is 11.3 Å². The Morgan fingerprint density at radius 1 is 1.00 bits per heavy atom. The lowest BCUT2D eigenvalue weighted by molar-refractivity contribution is -0.662. The molecule has 0 bridgehead atoms. The van der Waals surface area contributed by atoms with Crippen molar-refractivity contribution in [2.24, 2.45) is 7.05 Å². The lowest BCUT2D eigenvalue weighted by atomic mass is 9.98. The van der Waals surface area contributed by atoms with Gasteiger partial charge >= 0.3 is 0 Å². The molecule has 3 heteroatoms. The summed E-state index contributed by atoms with van der Waals surface area (Å²) in [7, 11) is 1.49. The molecule has 0 N–H and O–H groups in total. The summed E-state index contributed by atoms with van der Waals surface area (Å²) in [5.41, 5.74) is 0.432. The highest BCUT2D eigenvalue weighted by Gasteiger charge is 2.18. The van der Waals surface area contributed by atoms with Crippen LogP contribution < -0.4 is 4.57 Å². The maximum atomic E-state index is 13.6. The number of nitrogens with zero attached hydrogens (tertiary/aromatic N) is 1. The van der Waals surface area contributed by atoms with E-state index in [2.05, 4.69) is 0 Å². The van der Waals surface area contributed by atoms with Gasteiger partial charge in [0.1, 0.15) is 7.05 Å². The van der Waals surface area contributed by atoms with E-state index < -0.39 is 25.3 Å². The van der Waals surface area contributed by atoms with Gasteiger partial charge < -0.3 is 0 Å². The minimum absolute atomic E-state index is 0.244. The second-order valence-electron chi connectivity index (χ2n) is 4.18. The summed E-state index contributed by atoms with van der Waals surface area (Å²) in [5.74, 6) is -2.10. The Morgan fingerprint density at radius 3 is 2.33 bits per heavy atom. The van der Waals surface area contributed by atoms with Crippen molar-refractivity contribution >= 4 is 0 Å². The Hall–Kier alpha value is -1.77. The van der Waals surface area contributed by atoms with E-state index in [9.17, 15) is 8.78 Å². The molecule has 1 aromatic heterocycles. The molecule has 0 spiro atoms. The lowest BCUT2D eigenvalue weighted by Crippen LogP contribution is -2.32. The van der Waals surface area contributed by atoms with Crippen LogP contribution in [0, 0.1) is 32.3 Å². The summed E-state index contributed by atoms with van der Waals surface area (Å²) in [6, 6.07) is 3.44. The summed E-state index contributed by atoms with van der Waals surface area (Å²) in [6.45, 7) is -3.65. The zero-order chi connectivity index (χ0) is 18.4. The van der Waals surface area contributed by atoms with E-state index in [4.69, 9.17) is 8.22 Å². The minimum Gasteiger partial charge on any atom is -0.203 e. The van der Waals surface area contributed by atoms with Gasteiger partial charge in [-0.05, 0) is 43.4 Å². The Labute approximate surface area is 114 Å². The molecule has 0 aliphatic carbocycles. The topological polar surface area (TPSA) is 3.88 Å². The van der Waals surface area contributed by atoms with E-state index in [1.807, 2.05) is 0 Å². The summed E-state index contributed by atoms with van der Waals surface area (Å²) in [5, 5.41) is 0. The van der Waals surface area contributed by atoms with Gasteiger partial charge in [0.25, 0.3) is 0 Å². The predicted octanol–water partition coefficient (Wildman–Crippen LogP) is 3.38. The number of aryl methyl sites for hydroxylation is 4. The first-order valence-corrected chi connectivity index (χ1v) is 5.33. The van der Waals surface area contributed by atoms with Crippen molar-refractivity contribution in [2.75, 3.05) is 0 Å². The molecule has 0 saturated carbocycles. The van der Waals surface area contributed by atoms with Gasteiger partial charge in [0.2, 0.25) is 17.7 Å². The van der Waals surface area contributed by atoms with Crippen LogP contribution in [0.2, 0.25) is 0 Å². The first kappa shape index (κ1) is 6.98. The molecule has 1 aromatic carbocycles. The Bertz CT molecular complexity index is 796. The van der Waals surface area contributed by atoms with Crippen LogP contribution in [0.15, 0.2) is 24.4 Å². The fourth-order valence-electron chi connectivity index (χ4n) is 1.84. The average Bonchev–Trinajstić information content (AvgIpc) is 2.40. The zero-order valence-corrected chi connectivity index (χ0v) is 10.0. The molecular formula is C15H16F2N+.